The van der Waals surface area contributed by atoms with Crippen molar-refractivity contribution in [1.82, 2.24) is 0 Å². The average Bonchev–Trinajstić information content (AvgIpc) is 2.70. The monoisotopic (exact) mass is 426 g/mol. The molecule has 0 fully saturated rings. The summed E-state index contributed by atoms with van der Waals surface area (Å²) in [6.45, 7) is 10.4. The van der Waals surface area contributed by atoms with Gasteiger partial charge < -0.3 is 5.11 Å². The molecule has 0 aliphatic carbocycles. The lowest BCUT2D eigenvalue weighted by atomic mass is 9.82. The van der Waals surface area contributed by atoms with Crippen LogP contribution >= 0.6 is 11.6 Å². The van der Waals surface area contributed by atoms with Crippen LogP contribution in [0.25, 0.3) is 43.4 Å². The van der Waals surface area contributed by atoms with Gasteiger partial charge in [0.25, 0.3) is 0 Å². The van der Waals surface area contributed by atoms with Gasteiger partial charge in [-0.25, -0.2) is 0 Å². The molecule has 5 rings (SSSR count). The molecule has 0 atom stereocenters. The molecule has 156 valence electrons. The molecule has 0 aliphatic heterocycles. The Balaban J connectivity index is 1.88. The summed E-state index contributed by atoms with van der Waals surface area (Å²) in [5.74, 6) is 0. The van der Waals surface area contributed by atoms with Crippen molar-refractivity contribution in [3.8, 4) is 11.1 Å². The van der Waals surface area contributed by atoms with Crippen molar-refractivity contribution in [3.05, 3.63) is 82.9 Å². The molecule has 0 amide bonds. The maximum absolute atomic E-state index is 10.8. The largest absolute Gasteiger partial charge is 0.386 e. The lowest BCUT2D eigenvalue weighted by molar-refractivity contribution is 0.0792. The summed E-state index contributed by atoms with van der Waals surface area (Å²) in [5, 5.41) is 19.1. The van der Waals surface area contributed by atoms with Gasteiger partial charge in [0, 0.05) is 5.02 Å². The Labute approximate surface area is 188 Å². The van der Waals surface area contributed by atoms with E-state index in [0.717, 1.165) is 16.7 Å². The molecular formula is C29H27ClO. The lowest BCUT2D eigenvalue weighted by Gasteiger charge is -2.24. The van der Waals surface area contributed by atoms with Gasteiger partial charge in [-0.15, -0.1) is 0 Å². The molecule has 2 heteroatoms. The Hall–Kier alpha value is -2.61. The molecule has 0 heterocycles. The Bertz CT molecular complexity index is 1430. The van der Waals surface area contributed by atoms with E-state index in [1.807, 2.05) is 32.0 Å². The van der Waals surface area contributed by atoms with E-state index in [-0.39, 0.29) is 5.41 Å². The molecule has 0 spiro atoms. The van der Waals surface area contributed by atoms with E-state index in [4.69, 9.17) is 11.6 Å². The predicted molar refractivity (Wildman–Crippen MR) is 135 cm³/mol. The first-order chi connectivity index (χ1) is 14.5. The minimum atomic E-state index is -0.994. The Morgan fingerprint density at radius 1 is 0.645 bits per heavy atom. The van der Waals surface area contributed by atoms with Crippen molar-refractivity contribution in [2.24, 2.45) is 0 Å². The fraction of sp³-hybridized carbons (Fsp3) is 0.241. The van der Waals surface area contributed by atoms with Crippen LogP contribution in [-0.2, 0) is 11.0 Å². The predicted octanol–water partition coefficient (Wildman–Crippen LogP) is 8.43. The second-order valence-corrected chi connectivity index (χ2v) is 10.6. The van der Waals surface area contributed by atoms with Crippen molar-refractivity contribution >= 4 is 43.9 Å². The first-order valence-corrected chi connectivity index (χ1v) is 11.2. The summed E-state index contributed by atoms with van der Waals surface area (Å²) in [4.78, 5) is 0. The quantitative estimate of drug-likeness (QED) is 0.281. The molecule has 0 bridgehead atoms. The SMILES string of the molecule is CC(C)(C)c1cc2ccc3ccc(-c4ccc(Cl)cc4C(C)(C)O)c4ccc(c1)c2c34. The minimum Gasteiger partial charge on any atom is -0.386 e. The summed E-state index contributed by atoms with van der Waals surface area (Å²) in [6.07, 6.45) is 0. The molecule has 5 aromatic rings. The van der Waals surface area contributed by atoms with Crippen LogP contribution in [0.3, 0.4) is 0 Å². The van der Waals surface area contributed by atoms with Crippen LogP contribution < -0.4 is 0 Å². The van der Waals surface area contributed by atoms with E-state index in [9.17, 15) is 5.11 Å². The Morgan fingerprint density at radius 2 is 1.23 bits per heavy atom. The van der Waals surface area contributed by atoms with Gasteiger partial charge in [-0.2, -0.15) is 0 Å². The fourth-order valence-electron chi connectivity index (χ4n) is 4.74. The number of aliphatic hydroxyl groups is 1. The molecule has 0 saturated carbocycles. The zero-order chi connectivity index (χ0) is 22.1. The molecule has 31 heavy (non-hydrogen) atoms. The number of rotatable bonds is 2. The standard InChI is InChI=1S/C29H27ClO/c1-28(2,3)20-14-18-7-6-17-8-11-22(24-12-9-19(15-20)26(18)27(17)24)23-13-10-21(30)16-25(23)29(4,5)31/h6-16,31H,1-5H3. The molecule has 0 radical (unpaired) electrons. The van der Waals surface area contributed by atoms with E-state index in [0.29, 0.717) is 5.02 Å². The highest BCUT2D eigenvalue weighted by Crippen LogP contribution is 2.43. The van der Waals surface area contributed by atoms with Gasteiger partial charge in [-0.05, 0) is 86.0 Å². The van der Waals surface area contributed by atoms with Gasteiger partial charge in [0.05, 0.1) is 5.60 Å². The van der Waals surface area contributed by atoms with Gasteiger partial charge in [0.2, 0.25) is 0 Å². The normalized spacial score (nSPS) is 13.0. The maximum Gasteiger partial charge on any atom is 0.0847 e. The molecule has 5 aromatic carbocycles. The van der Waals surface area contributed by atoms with Crippen LogP contribution in [0.1, 0.15) is 45.7 Å². The molecule has 0 aliphatic rings. The maximum atomic E-state index is 10.8. The van der Waals surface area contributed by atoms with Crippen LogP contribution in [0.2, 0.25) is 5.02 Å². The van der Waals surface area contributed by atoms with Crippen LogP contribution in [0.5, 0.6) is 0 Å². The molecular weight excluding hydrogens is 400 g/mol. The van der Waals surface area contributed by atoms with Gasteiger partial charge in [0.1, 0.15) is 0 Å². The molecule has 0 aromatic heterocycles. The average molecular weight is 427 g/mol. The first kappa shape index (κ1) is 20.3. The molecule has 0 saturated heterocycles. The van der Waals surface area contributed by atoms with E-state index in [2.05, 4.69) is 69.3 Å². The summed E-state index contributed by atoms with van der Waals surface area (Å²) < 4.78 is 0. The highest BCUT2D eigenvalue weighted by Gasteiger charge is 2.23. The van der Waals surface area contributed by atoms with Crippen molar-refractivity contribution in [2.75, 3.05) is 0 Å². The lowest BCUT2D eigenvalue weighted by Crippen LogP contribution is -2.16. The van der Waals surface area contributed by atoms with E-state index < -0.39 is 5.60 Å². The number of halogens is 1. The smallest absolute Gasteiger partial charge is 0.0847 e. The van der Waals surface area contributed by atoms with Crippen LogP contribution in [-0.4, -0.2) is 5.11 Å². The van der Waals surface area contributed by atoms with Crippen molar-refractivity contribution in [2.45, 2.75) is 45.6 Å². The van der Waals surface area contributed by atoms with E-state index in [1.54, 1.807) is 0 Å². The fourth-order valence-corrected chi connectivity index (χ4v) is 4.92. The van der Waals surface area contributed by atoms with Crippen LogP contribution in [0.4, 0.5) is 0 Å². The zero-order valence-electron chi connectivity index (χ0n) is 18.7. The van der Waals surface area contributed by atoms with Gasteiger partial charge in [-0.1, -0.05) is 87.0 Å². The highest BCUT2D eigenvalue weighted by atomic mass is 35.5. The molecule has 1 nitrogen and oxygen atoms in total. The van der Waals surface area contributed by atoms with Gasteiger partial charge in [-0.3, -0.25) is 0 Å². The second kappa shape index (κ2) is 6.69. The van der Waals surface area contributed by atoms with E-state index in [1.165, 1.54) is 37.9 Å². The summed E-state index contributed by atoms with van der Waals surface area (Å²) in [5.41, 5.74) is 3.43. The Kier molecular flexibility index (Phi) is 4.38. The Morgan fingerprint density at radius 3 is 1.87 bits per heavy atom. The summed E-state index contributed by atoms with van der Waals surface area (Å²) in [6, 6.07) is 23.8. The highest BCUT2D eigenvalue weighted by molar-refractivity contribution is 6.31. The third kappa shape index (κ3) is 3.28. The number of hydrogen-bond donors (Lipinski definition) is 1. The number of hydrogen-bond acceptors (Lipinski definition) is 1. The summed E-state index contributed by atoms with van der Waals surface area (Å²) >= 11 is 6.29. The number of benzene rings is 5. The third-order valence-electron chi connectivity index (χ3n) is 6.40. The van der Waals surface area contributed by atoms with Crippen molar-refractivity contribution in [1.29, 1.82) is 0 Å². The molecule has 1 N–H and O–H groups in total. The van der Waals surface area contributed by atoms with Crippen LogP contribution in [0, 0.1) is 0 Å². The van der Waals surface area contributed by atoms with E-state index >= 15 is 0 Å². The zero-order valence-corrected chi connectivity index (χ0v) is 19.4. The van der Waals surface area contributed by atoms with Crippen molar-refractivity contribution < 1.29 is 5.11 Å². The van der Waals surface area contributed by atoms with Crippen LogP contribution in [0.15, 0.2) is 66.7 Å². The van der Waals surface area contributed by atoms with Gasteiger partial charge in [0.15, 0.2) is 0 Å². The topological polar surface area (TPSA) is 20.2 Å². The second-order valence-electron chi connectivity index (χ2n) is 10.2. The molecule has 0 unspecified atom stereocenters. The van der Waals surface area contributed by atoms with Crippen molar-refractivity contribution in [3.63, 3.8) is 0 Å². The first-order valence-electron chi connectivity index (χ1n) is 10.8. The summed E-state index contributed by atoms with van der Waals surface area (Å²) in [7, 11) is 0. The van der Waals surface area contributed by atoms with Gasteiger partial charge >= 0.3 is 0 Å². The third-order valence-corrected chi connectivity index (χ3v) is 6.63. The minimum absolute atomic E-state index is 0.0977.